The monoisotopic (exact) mass is 845 g/mol. The number of allylic oxidation sites excluding steroid dienone is 4. The molecule has 1 spiro atoms. The highest BCUT2D eigenvalue weighted by molar-refractivity contribution is 6.11. The van der Waals surface area contributed by atoms with Crippen molar-refractivity contribution in [1.29, 1.82) is 0 Å². The Bertz CT molecular complexity index is 3680. The summed E-state index contributed by atoms with van der Waals surface area (Å²) in [5, 5.41) is 2.42. The first-order valence-electron chi connectivity index (χ1n) is 23.1. The number of nitrogens with zero attached hydrogens (tertiary/aromatic N) is 3. The maximum absolute atomic E-state index is 7.27. The molecule has 4 heteroatoms. The third-order valence-electron chi connectivity index (χ3n) is 14.5. The van der Waals surface area contributed by atoms with Gasteiger partial charge in [-0.05, 0) is 124 Å². The number of fused-ring (bicyclic) bond motifs is 14. The summed E-state index contributed by atoms with van der Waals surface area (Å²) in [6.07, 6.45) is 5.79. The van der Waals surface area contributed by atoms with Crippen LogP contribution in [0.4, 0.5) is 28.4 Å². The van der Waals surface area contributed by atoms with E-state index in [1.54, 1.807) is 0 Å². The van der Waals surface area contributed by atoms with Crippen molar-refractivity contribution in [3.8, 4) is 39.4 Å². The molecule has 0 saturated heterocycles. The van der Waals surface area contributed by atoms with Crippen molar-refractivity contribution in [3.63, 3.8) is 0 Å². The second-order valence-corrected chi connectivity index (χ2v) is 18.1. The van der Waals surface area contributed by atoms with E-state index in [1.807, 2.05) is 0 Å². The van der Waals surface area contributed by atoms with E-state index in [1.165, 1.54) is 77.8 Å². The third-order valence-corrected chi connectivity index (χ3v) is 14.5. The van der Waals surface area contributed by atoms with E-state index in [2.05, 4.69) is 246 Å². The maximum Gasteiger partial charge on any atom is 0.159 e. The van der Waals surface area contributed by atoms with Crippen molar-refractivity contribution in [2.75, 3.05) is 9.80 Å². The van der Waals surface area contributed by atoms with Crippen LogP contribution in [0.1, 0.15) is 30.0 Å². The van der Waals surface area contributed by atoms with Crippen LogP contribution in [-0.4, -0.2) is 4.57 Å². The van der Waals surface area contributed by atoms with E-state index in [4.69, 9.17) is 4.74 Å². The zero-order valence-corrected chi connectivity index (χ0v) is 36.4. The summed E-state index contributed by atoms with van der Waals surface area (Å²) in [5.74, 6) is 2.12. The van der Waals surface area contributed by atoms with Crippen LogP contribution in [0, 0.1) is 5.92 Å². The van der Waals surface area contributed by atoms with Gasteiger partial charge in [0, 0.05) is 39.1 Å². The normalized spacial score (nSPS) is 17.6. The molecule has 3 heterocycles. The lowest BCUT2D eigenvalue weighted by molar-refractivity contribution is 0.478. The lowest BCUT2D eigenvalue weighted by atomic mass is 9.62. The zero-order chi connectivity index (χ0) is 43.5. The van der Waals surface area contributed by atoms with Crippen LogP contribution in [0.2, 0.25) is 0 Å². The number of ether oxygens (including phenoxy) is 1. The molecule has 14 rings (SSSR count). The molecule has 0 N–H and O–H groups in total. The highest BCUT2D eigenvalue weighted by Gasteiger charge is 2.54. The van der Waals surface area contributed by atoms with Crippen LogP contribution >= 0.6 is 0 Å². The Balaban J connectivity index is 0.982. The van der Waals surface area contributed by atoms with Gasteiger partial charge in [0.15, 0.2) is 11.5 Å². The Morgan fingerprint density at radius 1 is 0.485 bits per heavy atom. The molecule has 4 nitrogen and oxygen atoms in total. The molecule has 0 bridgehead atoms. The van der Waals surface area contributed by atoms with Crippen molar-refractivity contribution >= 4 is 50.2 Å². The average molecular weight is 846 g/mol. The SMILES string of the molecule is CC1C=CC2=C(C1)N(c1ccccc1)c1ccccc1C21c2ccccc2-c2c1ccc1c2Oc2ccccc2N1c1ccc2c(c1)c1ccccc1n2-c1ccc(-c2ccccc2)cc1. The Kier molecular flexibility index (Phi) is 7.91. The maximum atomic E-state index is 7.27. The van der Waals surface area contributed by atoms with Crippen molar-refractivity contribution in [2.24, 2.45) is 5.92 Å². The van der Waals surface area contributed by atoms with E-state index < -0.39 is 5.41 Å². The Morgan fingerprint density at radius 2 is 1.15 bits per heavy atom. The number of anilines is 5. The molecule has 0 radical (unpaired) electrons. The first-order chi connectivity index (χ1) is 32.7. The molecular weight excluding hydrogens is 803 g/mol. The topological polar surface area (TPSA) is 20.6 Å². The van der Waals surface area contributed by atoms with Gasteiger partial charge in [-0.3, -0.25) is 0 Å². The van der Waals surface area contributed by atoms with Gasteiger partial charge in [-0.2, -0.15) is 0 Å². The van der Waals surface area contributed by atoms with Crippen LogP contribution in [0.15, 0.2) is 236 Å². The standard InChI is InChI=1S/C62H43N3O/c1-40-28-34-51-58(38-40)64(43-18-6-3-7-19-43)55-25-13-11-23-50(55)62(51)49-22-10-8-21-47(49)60-52(62)35-37-57-61(60)66-59-27-15-14-26-56(59)65(57)45-33-36-54-48(39-45)46-20-9-12-24-53(46)63(54)44-31-29-42(30-32-44)41-16-4-2-5-17-41/h2-37,39-40H,38H2,1H3. The molecule has 0 fully saturated rings. The van der Waals surface area contributed by atoms with E-state index in [0.717, 1.165) is 46.2 Å². The summed E-state index contributed by atoms with van der Waals surface area (Å²) in [7, 11) is 0. The van der Waals surface area contributed by atoms with Gasteiger partial charge in [0.05, 0.1) is 33.5 Å². The van der Waals surface area contributed by atoms with Gasteiger partial charge in [-0.1, -0.05) is 159 Å². The number of hydrogen-bond donors (Lipinski definition) is 0. The highest BCUT2D eigenvalue weighted by atomic mass is 16.5. The van der Waals surface area contributed by atoms with Crippen molar-refractivity contribution in [2.45, 2.75) is 18.8 Å². The highest BCUT2D eigenvalue weighted by Crippen LogP contribution is 2.67. The molecule has 0 amide bonds. The zero-order valence-electron chi connectivity index (χ0n) is 36.4. The summed E-state index contributed by atoms with van der Waals surface area (Å²) in [4.78, 5) is 4.94. The van der Waals surface area contributed by atoms with Gasteiger partial charge < -0.3 is 19.1 Å². The minimum Gasteiger partial charge on any atom is -0.452 e. The van der Waals surface area contributed by atoms with Gasteiger partial charge in [-0.15, -0.1) is 0 Å². The second kappa shape index (κ2) is 14.1. The number of benzene rings is 9. The summed E-state index contributed by atoms with van der Waals surface area (Å²) in [6.45, 7) is 2.34. The smallest absolute Gasteiger partial charge is 0.159 e. The van der Waals surface area contributed by atoms with E-state index in [9.17, 15) is 0 Å². The predicted molar refractivity (Wildman–Crippen MR) is 271 cm³/mol. The lowest BCUT2D eigenvalue weighted by Crippen LogP contribution is -2.40. The Morgan fingerprint density at radius 3 is 2.00 bits per heavy atom. The van der Waals surface area contributed by atoms with Crippen LogP contribution in [0.25, 0.3) is 49.7 Å². The van der Waals surface area contributed by atoms with Crippen LogP contribution in [0.3, 0.4) is 0 Å². The van der Waals surface area contributed by atoms with E-state index in [0.29, 0.717) is 5.92 Å². The van der Waals surface area contributed by atoms with Crippen LogP contribution in [-0.2, 0) is 5.41 Å². The summed E-state index contributed by atoms with van der Waals surface area (Å²) in [5.41, 5.74) is 19.7. The van der Waals surface area contributed by atoms with Gasteiger partial charge in [0.1, 0.15) is 0 Å². The number of para-hydroxylation sites is 5. The molecule has 4 aliphatic rings. The average Bonchev–Trinajstić information content (AvgIpc) is 3.87. The molecule has 2 aliphatic carbocycles. The predicted octanol–water partition coefficient (Wildman–Crippen LogP) is 16.3. The quantitative estimate of drug-likeness (QED) is 0.176. The summed E-state index contributed by atoms with van der Waals surface area (Å²) < 4.78 is 9.67. The van der Waals surface area contributed by atoms with Gasteiger partial charge in [-0.25, -0.2) is 0 Å². The molecule has 66 heavy (non-hydrogen) atoms. The first-order valence-corrected chi connectivity index (χ1v) is 23.1. The summed E-state index contributed by atoms with van der Waals surface area (Å²) in [6, 6.07) is 77.6. The third kappa shape index (κ3) is 5.10. The molecule has 0 saturated carbocycles. The van der Waals surface area contributed by atoms with Gasteiger partial charge in [0.2, 0.25) is 0 Å². The van der Waals surface area contributed by atoms with Crippen molar-refractivity contribution in [1.82, 2.24) is 4.57 Å². The minimum atomic E-state index is -0.556. The molecule has 2 atom stereocenters. The van der Waals surface area contributed by atoms with Crippen LogP contribution in [0.5, 0.6) is 11.5 Å². The molecule has 9 aromatic carbocycles. The lowest BCUT2D eigenvalue weighted by Gasteiger charge is -2.47. The van der Waals surface area contributed by atoms with E-state index >= 15 is 0 Å². The molecular formula is C62H43N3O. The van der Waals surface area contributed by atoms with E-state index in [-0.39, 0.29) is 0 Å². The fourth-order valence-corrected chi connectivity index (χ4v) is 11.8. The number of rotatable bonds is 4. The Hall–Kier alpha value is -8.34. The van der Waals surface area contributed by atoms with Crippen molar-refractivity contribution in [3.05, 3.63) is 252 Å². The van der Waals surface area contributed by atoms with Gasteiger partial charge >= 0.3 is 0 Å². The molecule has 2 unspecified atom stereocenters. The first kappa shape index (κ1) is 37.1. The van der Waals surface area contributed by atoms with Gasteiger partial charge in [0.25, 0.3) is 0 Å². The number of hydrogen-bond acceptors (Lipinski definition) is 3. The fourth-order valence-electron chi connectivity index (χ4n) is 11.8. The number of aromatic nitrogens is 1. The molecule has 312 valence electrons. The molecule has 10 aromatic rings. The van der Waals surface area contributed by atoms with Crippen molar-refractivity contribution < 1.29 is 4.74 Å². The summed E-state index contributed by atoms with van der Waals surface area (Å²) >= 11 is 0. The fraction of sp³-hybridized carbons (Fsp3) is 0.0645. The Labute approximate surface area is 384 Å². The van der Waals surface area contributed by atoms with Crippen LogP contribution < -0.4 is 14.5 Å². The largest absolute Gasteiger partial charge is 0.452 e. The molecule has 1 aromatic heterocycles. The minimum absolute atomic E-state index is 0.400. The second-order valence-electron chi connectivity index (χ2n) is 18.1. The molecule has 2 aliphatic heterocycles.